The van der Waals surface area contributed by atoms with Gasteiger partial charge in [0.05, 0.1) is 12.8 Å². The highest BCUT2D eigenvalue weighted by Crippen LogP contribution is 2.27. The van der Waals surface area contributed by atoms with Gasteiger partial charge < -0.3 is 9.64 Å². The van der Waals surface area contributed by atoms with Crippen molar-refractivity contribution in [3.63, 3.8) is 0 Å². The van der Waals surface area contributed by atoms with Gasteiger partial charge in [0.15, 0.2) is 5.82 Å². The minimum atomic E-state index is -0.598. The number of para-hydroxylation sites is 1. The quantitative estimate of drug-likeness (QED) is 0.922. The number of carbonyl (C=O) groups excluding carboxylic acids is 2. The van der Waals surface area contributed by atoms with Gasteiger partial charge in [0.25, 0.3) is 0 Å². The fraction of sp³-hybridized carbons (Fsp3) is 0.333. The number of anilines is 2. The minimum absolute atomic E-state index is 0.0613. The number of carbonyl (C=O) groups is 2. The molecule has 0 atom stereocenters. The number of hydrogen-bond acceptors (Lipinski definition) is 5. The first-order valence-corrected chi connectivity index (χ1v) is 7.39. The van der Waals surface area contributed by atoms with Gasteiger partial charge in [0.2, 0.25) is 5.91 Å². The predicted molar refractivity (Wildman–Crippen MR) is 83.2 cm³/mol. The van der Waals surface area contributed by atoms with Gasteiger partial charge in [0.1, 0.15) is 6.54 Å². The summed E-state index contributed by atoms with van der Waals surface area (Å²) in [6, 6.07) is 7.85. The van der Waals surface area contributed by atoms with Crippen molar-refractivity contribution in [2.24, 2.45) is 0 Å². The van der Waals surface area contributed by atoms with Crippen molar-refractivity contribution in [1.82, 2.24) is 15.0 Å². The molecule has 0 spiro atoms. The topological polar surface area (TPSA) is 89.4 Å². The number of nitrogens with zero attached hydrogens (tertiary/aromatic N) is 4. The summed E-state index contributed by atoms with van der Waals surface area (Å²) >= 11 is 0. The molecule has 1 aromatic carbocycles. The zero-order chi connectivity index (χ0) is 16.2. The van der Waals surface area contributed by atoms with Crippen LogP contribution in [0.5, 0.6) is 0 Å². The Labute approximate surface area is 133 Å². The molecular formula is C15H17N5O3. The second-order valence-corrected chi connectivity index (χ2v) is 5.07. The SMILES string of the molecule is CCOC(=O)Nc1cn(CC(=O)N2CCc3ccccc32)nn1. The number of benzene rings is 1. The lowest BCUT2D eigenvalue weighted by molar-refractivity contribution is -0.119. The number of ether oxygens (including phenoxy) is 1. The highest BCUT2D eigenvalue weighted by Gasteiger charge is 2.24. The molecule has 0 saturated heterocycles. The molecule has 0 aliphatic carbocycles. The number of aromatic nitrogens is 3. The average molecular weight is 315 g/mol. The van der Waals surface area contributed by atoms with E-state index < -0.39 is 6.09 Å². The minimum Gasteiger partial charge on any atom is -0.450 e. The van der Waals surface area contributed by atoms with Crippen LogP contribution in [0.4, 0.5) is 16.3 Å². The maximum atomic E-state index is 12.4. The number of hydrogen-bond donors (Lipinski definition) is 1. The maximum Gasteiger partial charge on any atom is 0.412 e. The van der Waals surface area contributed by atoms with Gasteiger partial charge in [-0.05, 0) is 25.0 Å². The van der Waals surface area contributed by atoms with Gasteiger partial charge >= 0.3 is 6.09 Å². The first kappa shape index (κ1) is 15.0. The van der Waals surface area contributed by atoms with E-state index in [2.05, 4.69) is 15.6 Å². The van der Waals surface area contributed by atoms with Crippen molar-refractivity contribution in [3.8, 4) is 0 Å². The lowest BCUT2D eigenvalue weighted by Crippen LogP contribution is -2.32. The van der Waals surface area contributed by atoms with Crippen LogP contribution in [0.2, 0.25) is 0 Å². The molecule has 3 rings (SSSR count). The number of rotatable bonds is 4. The van der Waals surface area contributed by atoms with Crippen molar-refractivity contribution >= 4 is 23.5 Å². The van der Waals surface area contributed by atoms with E-state index in [4.69, 9.17) is 4.74 Å². The van der Waals surface area contributed by atoms with Gasteiger partial charge in [0, 0.05) is 12.2 Å². The Hall–Kier alpha value is -2.90. The van der Waals surface area contributed by atoms with Gasteiger partial charge in [-0.2, -0.15) is 0 Å². The van der Waals surface area contributed by atoms with Crippen LogP contribution in [-0.2, 0) is 22.5 Å². The zero-order valence-corrected chi connectivity index (χ0v) is 12.7. The van der Waals surface area contributed by atoms with E-state index in [1.54, 1.807) is 11.8 Å². The third-order valence-corrected chi connectivity index (χ3v) is 3.53. The van der Waals surface area contributed by atoms with Gasteiger partial charge in [-0.3, -0.25) is 10.1 Å². The van der Waals surface area contributed by atoms with E-state index >= 15 is 0 Å². The van der Waals surface area contributed by atoms with Crippen molar-refractivity contribution in [3.05, 3.63) is 36.0 Å². The molecule has 23 heavy (non-hydrogen) atoms. The van der Waals surface area contributed by atoms with E-state index in [0.29, 0.717) is 6.54 Å². The molecule has 0 bridgehead atoms. The standard InChI is InChI=1S/C15H17N5O3/c1-2-23-15(22)16-13-9-19(18-17-13)10-14(21)20-8-7-11-5-3-4-6-12(11)20/h3-6,9H,2,7-8,10H2,1H3,(H,16,22). The second kappa shape index (κ2) is 6.47. The molecule has 8 heteroatoms. The lowest BCUT2D eigenvalue weighted by atomic mass is 10.2. The first-order chi connectivity index (χ1) is 11.2. The Morgan fingerprint density at radius 3 is 3.00 bits per heavy atom. The van der Waals surface area contributed by atoms with Crippen LogP contribution >= 0.6 is 0 Å². The van der Waals surface area contributed by atoms with Crippen LogP contribution in [0.25, 0.3) is 0 Å². The van der Waals surface area contributed by atoms with Crippen LogP contribution in [-0.4, -0.2) is 40.1 Å². The molecule has 0 fully saturated rings. The summed E-state index contributed by atoms with van der Waals surface area (Å²) in [4.78, 5) is 25.5. The Kier molecular flexibility index (Phi) is 4.22. The van der Waals surface area contributed by atoms with Crippen LogP contribution in [0, 0.1) is 0 Å². The molecule has 8 nitrogen and oxygen atoms in total. The van der Waals surface area contributed by atoms with Gasteiger partial charge in [-0.1, -0.05) is 23.4 Å². The number of nitrogens with one attached hydrogen (secondary N) is 1. The van der Waals surface area contributed by atoms with E-state index in [0.717, 1.165) is 12.1 Å². The molecule has 0 saturated carbocycles. The Morgan fingerprint density at radius 2 is 2.17 bits per heavy atom. The Bertz CT molecular complexity index is 727. The predicted octanol–water partition coefficient (Wildman–Crippen LogP) is 1.44. The third kappa shape index (κ3) is 3.31. The zero-order valence-electron chi connectivity index (χ0n) is 12.7. The molecule has 2 aromatic rings. The summed E-state index contributed by atoms with van der Waals surface area (Å²) in [6.07, 6.45) is 1.76. The molecule has 1 aromatic heterocycles. The first-order valence-electron chi connectivity index (χ1n) is 7.39. The van der Waals surface area contributed by atoms with E-state index in [-0.39, 0.29) is 24.9 Å². The van der Waals surface area contributed by atoms with E-state index in [9.17, 15) is 9.59 Å². The van der Waals surface area contributed by atoms with E-state index in [1.807, 2.05) is 24.3 Å². The molecular weight excluding hydrogens is 298 g/mol. The van der Waals surface area contributed by atoms with Crippen LogP contribution in [0.15, 0.2) is 30.5 Å². The number of amides is 2. The molecule has 2 heterocycles. The normalized spacial score (nSPS) is 12.8. The summed E-state index contributed by atoms with van der Waals surface area (Å²) in [6.45, 7) is 2.71. The Balaban J connectivity index is 1.63. The van der Waals surface area contributed by atoms with Crippen LogP contribution in [0.3, 0.4) is 0 Å². The average Bonchev–Trinajstić information content (AvgIpc) is 3.14. The fourth-order valence-corrected chi connectivity index (χ4v) is 2.53. The maximum absolute atomic E-state index is 12.4. The van der Waals surface area contributed by atoms with Crippen LogP contribution < -0.4 is 10.2 Å². The lowest BCUT2D eigenvalue weighted by Gasteiger charge is -2.16. The molecule has 0 radical (unpaired) electrons. The fourth-order valence-electron chi connectivity index (χ4n) is 2.53. The molecule has 1 aliphatic heterocycles. The highest BCUT2D eigenvalue weighted by molar-refractivity contribution is 5.95. The van der Waals surface area contributed by atoms with Crippen molar-refractivity contribution in [1.29, 1.82) is 0 Å². The van der Waals surface area contributed by atoms with Crippen molar-refractivity contribution < 1.29 is 14.3 Å². The summed E-state index contributed by atoms with van der Waals surface area (Å²) in [5, 5.41) is 10.1. The van der Waals surface area contributed by atoms with Crippen LogP contribution in [0.1, 0.15) is 12.5 Å². The molecule has 2 amide bonds. The van der Waals surface area contributed by atoms with Crippen molar-refractivity contribution in [2.75, 3.05) is 23.4 Å². The third-order valence-electron chi connectivity index (χ3n) is 3.53. The second-order valence-electron chi connectivity index (χ2n) is 5.07. The summed E-state index contributed by atoms with van der Waals surface area (Å²) in [5.74, 6) is 0.181. The van der Waals surface area contributed by atoms with E-state index in [1.165, 1.54) is 16.4 Å². The summed E-state index contributed by atoms with van der Waals surface area (Å²) in [5.41, 5.74) is 2.12. The summed E-state index contributed by atoms with van der Waals surface area (Å²) in [7, 11) is 0. The molecule has 1 N–H and O–H groups in total. The highest BCUT2D eigenvalue weighted by atomic mass is 16.5. The number of fused-ring (bicyclic) bond motifs is 1. The molecule has 1 aliphatic rings. The van der Waals surface area contributed by atoms with Crippen molar-refractivity contribution in [2.45, 2.75) is 19.9 Å². The largest absolute Gasteiger partial charge is 0.450 e. The van der Waals surface area contributed by atoms with Gasteiger partial charge in [-0.15, -0.1) is 5.10 Å². The smallest absolute Gasteiger partial charge is 0.412 e. The Morgan fingerprint density at radius 1 is 1.35 bits per heavy atom. The summed E-state index contributed by atoms with van der Waals surface area (Å²) < 4.78 is 6.15. The monoisotopic (exact) mass is 315 g/mol. The molecule has 120 valence electrons. The van der Waals surface area contributed by atoms with Gasteiger partial charge in [-0.25, -0.2) is 9.48 Å². The molecule has 0 unspecified atom stereocenters.